The van der Waals surface area contributed by atoms with E-state index < -0.39 is 0 Å². The van der Waals surface area contributed by atoms with Crippen LogP contribution in [0.5, 0.6) is 0 Å². The Hall–Kier alpha value is -1.39. The number of carbonyl (C=O) groups is 1. The van der Waals surface area contributed by atoms with E-state index in [4.69, 9.17) is 0 Å². The lowest BCUT2D eigenvalue weighted by Gasteiger charge is -2.20. The van der Waals surface area contributed by atoms with Gasteiger partial charge in [0.2, 0.25) is 5.91 Å². The summed E-state index contributed by atoms with van der Waals surface area (Å²) in [5.74, 6) is 0.838. The maximum Gasteiger partial charge on any atom is 0.236 e. The van der Waals surface area contributed by atoms with Gasteiger partial charge in [-0.25, -0.2) is 0 Å². The number of likely N-dealkylation sites (N-methyl/N-ethyl adjacent to an activating group) is 1. The summed E-state index contributed by atoms with van der Waals surface area (Å²) in [6.45, 7) is 2.25. The molecule has 1 aliphatic carbocycles. The van der Waals surface area contributed by atoms with E-state index in [1.807, 2.05) is 11.0 Å². The van der Waals surface area contributed by atoms with E-state index in [1.165, 1.54) is 5.56 Å². The highest BCUT2D eigenvalue weighted by molar-refractivity contribution is 5.78. The molecule has 1 amide bonds. The van der Waals surface area contributed by atoms with E-state index >= 15 is 0 Å². The topological polar surface area (TPSA) is 35.6 Å². The molecule has 1 aromatic carbocycles. The third-order valence-electron chi connectivity index (χ3n) is 4.78. The lowest BCUT2D eigenvalue weighted by atomic mass is 10.1. The van der Waals surface area contributed by atoms with Gasteiger partial charge in [0.1, 0.15) is 0 Å². The average molecular weight is 287 g/mol. The van der Waals surface area contributed by atoms with Crippen molar-refractivity contribution >= 4 is 5.91 Å². The zero-order chi connectivity index (χ0) is 14.8. The largest absolute Gasteiger partial charge is 0.340 e. The Kier molecular flexibility index (Phi) is 4.27. The number of nitrogens with zero attached hydrogens (tertiary/aromatic N) is 2. The number of benzene rings is 1. The van der Waals surface area contributed by atoms with Crippen LogP contribution in [-0.4, -0.2) is 61.5 Å². The maximum absolute atomic E-state index is 12.2. The van der Waals surface area contributed by atoms with Crippen LogP contribution in [0.3, 0.4) is 0 Å². The van der Waals surface area contributed by atoms with Crippen molar-refractivity contribution in [3.63, 3.8) is 0 Å². The predicted molar refractivity (Wildman–Crippen MR) is 84.3 cm³/mol. The van der Waals surface area contributed by atoms with Crippen molar-refractivity contribution in [1.29, 1.82) is 0 Å². The molecule has 1 N–H and O–H groups in total. The minimum absolute atomic E-state index is 0.248. The van der Waals surface area contributed by atoms with E-state index in [-0.39, 0.29) is 5.91 Å². The Morgan fingerprint density at radius 3 is 2.76 bits per heavy atom. The van der Waals surface area contributed by atoms with Crippen molar-refractivity contribution in [1.82, 2.24) is 15.1 Å². The molecule has 2 fully saturated rings. The van der Waals surface area contributed by atoms with Crippen LogP contribution in [0, 0.1) is 0 Å². The second kappa shape index (κ2) is 6.16. The molecular weight excluding hydrogens is 262 g/mol. The number of carbonyl (C=O) groups excluding carboxylic acids is 1. The standard InChI is InChI=1S/C17H25N3O/c1-19(2)14-8-9-20(12-14)17(21)11-18-16-10-15(16)13-6-4-3-5-7-13/h3-7,14-16,18H,8-12H2,1-2H3/t14-,15?,16-/m0/s1. The van der Waals surface area contributed by atoms with E-state index in [9.17, 15) is 4.79 Å². The van der Waals surface area contributed by atoms with Crippen molar-refractivity contribution < 1.29 is 4.79 Å². The molecule has 1 saturated heterocycles. The Morgan fingerprint density at radius 2 is 2.10 bits per heavy atom. The average Bonchev–Trinajstić information content (AvgIpc) is 3.09. The molecular formula is C17H25N3O. The van der Waals surface area contributed by atoms with Gasteiger partial charge in [-0.3, -0.25) is 4.79 Å². The van der Waals surface area contributed by atoms with E-state index in [2.05, 4.69) is 48.6 Å². The third-order valence-corrected chi connectivity index (χ3v) is 4.78. The first-order valence-corrected chi connectivity index (χ1v) is 7.87. The van der Waals surface area contributed by atoms with Crippen molar-refractivity contribution in [2.45, 2.75) is 30.8 Å². The number of likely N-dealkylation sites (tertiary alicyclic amines) is 1. The molecule has 0 bridgehead atoms. The molecule has 0 radical (unpaired) electrons. The summed E-state index contributed by atoms with van der Waals surface area (Å²) in [5, 5.41) is 3.42. The van der Waals surface area contributed by atoms with Crippen LogP contribution < -0.4 is 5.32 Å². The smallest absolute Gasteiger partial charge is 0.236 e. The fraction of sp³-hybridized carbons (Fsp3) is 0.588. The molecule has 1 aliphatic heterocycles. The highest BCUT2D eigenvalue weighted by atomic mass is 16.2. The minimum atomic E-state index is 0.248. The van der Waals surface area contributed by atoms with Gasteiger partial charge in [-0.05, 0) is 32.5 Å². The van der Waals surface area contributed by atoms with Gasteiger partial charge in [0.05, 0.1) is 6.54 Å². The first-order valence-electron chi connectivity index (χ1n) is 7.87. The van der Waals surface area contributed by atoms with Gasteiger partial charge in [0.25, 0.3) is 0 Å². The fourth-order valence-corrected chi connectivity index (χ4v) is 3.21. The Bertz CT molecular complexity index is 488. The number of amides is 1. The van der Waals surface area contributed by atoms with Crippen LogP contribution in [0.4, 0.5) is 0 Å². The van der Waals surface area contributed by atoms with Gasteiger partial charge < -0.3 is 15.1 Å². The summed E-state index contributed by atoms with van der Waals surface area (Å²) in [4.78, 5) is 16.4. The van der Waals surface area contributed by atoms with Gasteiger partial charge in [-0.15, -0.1) is 0 Å². The summed E-state index contributed by atoms with van der Waals surface area (Å²) in [6, 6.07) is 11.6. The lowest BCUT2D eigenvalue weighted by Crippen LogP contribution is -2.39. The zero-order valence-electron chi connectivity index (χ0n) is 13.0. The molecule has 114 valence electrons. The highest BCUT2D eigenvalue weighted by Crippen LogP contribution is 2.40. The van der Waals surface area contributed by atoms with Gasteiger partial charge in [-0.2, -0.15) is 0 Å². The molecule has 3 atom stereocenters. The van der Waals surface area contributed by atoms with E-state index in [0.717, 1.165) is 25.9 Å². The normalized spacial score (nSPS) is 28.1. The first kappa shape index (κ1) is 14.5. The first-order chi connectivity index (χ1) is 10.1. The SMILES string of the molecule is CN(C)[C@H]1CCN(C(=O)CN[C@H]2CC2c2ccccc2)C1. The minimum Gasteiger partial charge on any atom is -0.340 e. The molecule has 1 unspecified atom stereocenters. The molecule has 21 heavy (non-hydrogen) atoms. The Balaban J connectivity index is 1.42. The second-order valence-corrected chi connectivity index (χ2v) is 6.49. The van der Waals surface area contributed by atoms with Crippen molar-refractivity contribution in [3.8, 4) is 0 Å². The summed E-state index contributed by atoms with van der Waals surface area (Å²) in [5.41, 5.74) is 1.39. The second-order valence-electron chi connectivity index (χ2n) is 6.49. The summed E-state index contributed by atoms with van der Waals surface area (Å²) in [6.07, 6.45) is 2.24. The lowest BCUT2D eigenvalue weighted by molar-refractivity contribution is -0.129. The van der Waals surface area contributed by atoms with Crippen LogP contribution >= 0.6 is 0 Å². The predicted octanol–water partition coefficient (Wildman–Crippen LogP) is 1.29. The number of rotatable bonds is 5. The summed E-state index contributed by atoms with van der Waals surface area (Å²) < 4.78 is 0. The van der Waals surface area contributed by atoms with E-state index in [0.29, 0.717) is 24.5 Å². The molecule has 4 nitrogen and oxygen atoms in total. The van der Waals surface area contributed by atoms with Crippen molar-refractivity contribution in [2.75, 3.05) is 33.7 Å². The summed E-state index contributed by atoms with van der Waals surface area (Å²) >= 11 is 0. The Labute approximate surface area is 127 Å². The van der Waals surface area contributed by atoms with Gasteiger partial charge in [0.15, 0.2) is 0 Å². The van der Waals surface area contributed by atoms with Crippen molar-refractivity contribution in [2.24, 2.45) is 0 Å². The monoisotopic (exact) mass is 287 g/mol. The van der Waals surface area contributed by atoms with Gasteiger partial charge in [0, 0.05) is 31.1 Å². The number of hydrogen-bond donors (Lipinski definition) is 1. The molecule has 0 aromatic heterocycles. The number of nitrogens with one attached hydrogen (secondary N) is 1. The van der Waals surface area contributed by atoms with Gasteiger partial charge >= 0.3 is 0 Å². The van der Waals surface area contributed by atoms with Crippen LogP contribution in [0.15, 0.2) is 30.3 Å². The molecule has 3 rings (SSSR count). The molecule has 0 spiro atoms. The van der Waals surface area contributed by atoms with Crippen LogP contribution in [0.2, 0.25) is 0 Å². The molecule has 1 heterocycles. The van der Waals surface area contributed by atoms with Crippen LogP contribution in [0.25, 0.3) is 0 Å². The Morgan fingerprint density at radius 1 is 1.33 bits per heavy atom. The van der Waals surface area contributed by atoms with E-state index in [1.54, 1.807) is 0 Å². The third kappa shape index (κ3) is 3.44. The van der Waals surface area contributed by atoms with Crippen LogP contribution in [0.1, 0.15) is 24.3 Å². The molecule has 1 aromatic rings. The van der Waals surface area contributed by atoms with Crippen LogP contribution in [-0.2, 0) is 4.79 Å². The highest BCUT2D eigenvalue weighted by Gasteiger charge is 2.38. The molecule has 4 heteroatoms. The molecule has 1 saturated carbocycles. The zero-order valence-corrected chi connectivity index (χ0v) is 13.0. The summed E-state index contributed by atoms with van der Waals surface area (Å²) in [7, 11) is 4.18. The maximum atomic E-state index is 12.2. The van der Waals surface area contributed by atoms with Crippen molar-refractivity contribution in [3.05, 3.63) is 35.9 Å². The quantitative estimate of drug-likeness (QED) is 0.886. The fourth-order valence-electron chi connectivity index (χ4n) is 3.21. The molecule has 2 aliphatic rings. The van der Waals surface area contributed by atoms with Gasteiger partial charge in [-0.1, -0.05) is 30.3 Å². The number of hydrogen-bond acceptors (Lipinski definition) is 3.